The lowest BCUT2D eigenvalue weighted by atomic mass is 10.1. The topological polar surface area (TPSA) is 17.1 Å². The molecule has 6 heteroatoms. The van der Waals surface area contributed by atoms with E-state index < -0.39 is 19.0 Å². The van der Waals surface area contributed by atoms with Gasteiger partial charge in [0.2, 0.25) is 0 Å². The molecule has 1 aromatic heterocycles. The minimum absolute atomic E-state index is 0.383. The standard InChI is InChI=1S/C11H11F3OS2/c12-11(13,14)3-1-8(15)10-5-7-6-16-4-2-9(7)17-10/h5H,1-4,6H2. The molecule has 0 fully saturated rings. The van der Waals surface area contributed by atoms with Crippen molar-refractivity contribution in [3.05, 3.63) is 21.4 Å². The van der Waals surface area contributed by atoms with E-state index in [2.05, 4.69) is 0 Å². The van der Waals surface area contributed by atoms with E-state index in [1.54, 1.807) is 17.8 Å². The van der Waals surface area contributed by atoms with Crippen LogP contribution in [0, 0.1) is 0 Å². The molecule has 0 aliphatic carbocycles. The molecular weight excluding hydrogens is 269 g/mol. The van der Waals surface area contributed by atoms with Crippen LogP contribution in [-0.2, 0) is 12.2 Å². The van der Waals surface area contributed by atoms with E-state index >= 15 is 0 Å². The Labute approximate surface area is 105 Å². The SMILES string of the molecule is O=C(CCC(F)(F)F)c1cc2c(s1)CCSC2. The molecule has 2 rings (SSSR count). The largest absolute Gasteiger partial charge is 0.389 e. The maximum atomic E-state index is 12.0. The molecule has 0 bridgehead atoms. The first-order valence-corrected chi connectivity index (χ1v) is 7.22. The van der Waals surface area contributed by atoms with Gasteiger partial charge in [-0.15, -0.1) is 11.3 Å². The summed E-state index contributed by atoms with van der Waals surface area (Å²) in [6.07, 6.45) is -4.78. The molecule has 0 aromatic carbocycles. The molecule has 0 unspecified atom stereocenters. The summed E-state index contributed by atoms with van der Waals surface area (Å²) in [5, 5.41) is 0. The number of carbonyl (C=O) groups is 1. The highest BCUT2D eigenvalue weighted by atomic mass is 32.2. The molecule has 0 radical (unpaired) electrons. The van der Waals surface area contributed by atoms with Gasteiger partial charge < -0.3 is 0 Å². The summed E-state index contributed by atoms with van der Waals surface area (Å²) >= 11 is 3.16. The van der Waals surface area contributed by atoms with E-state index in [1.807, 2.05) is 0 Å². The van der Waals surface area contributed by atoms with Crippen molar-refractivity contribution >= 4 is 28.9 Å². The van der Waals surface area contributed by atoms with E-state index in [1.165, 1.54) is 16.2 Å². The van der Waals surface area contributed by atoms with Gasteiger partial charge in [0, 0.05) is 17.1 Å². The highest BCUT2D eigenvalue weighted by Gasteiger charge is 2.28. The molecule has 94 valence electrons. The van der Waals surface area contributed by atoms with Gasteiger partial charge in [-0.1, -0.05) is 0 Å². The molecule has 1 aliphatic rings. The molecule has 0 amide bonds. The van der Waals surface area contributed by atoms with Crippen molar-refractivity contribution in [2.75, 3.05) is 5.75 Å². The lowest BCUT2D eigenvalue weighted by Crippen LogP contribution is -2.10. The number of alkyl halides is 3. The fourth-order valence-corrected chi connectivity index (χ4v) is 4.00. The van der Waals surface area contributed by atoms with Crippen LogP contribution >= 0.6 is 23.1 Å². The van der Waals surface area contributed by atoms with Crippen LogP contribution in [-0.4, -0.2) is 17.7 Å². The van der Waals surface area contributed by atoms with Crippen LogP contribution in [0.15, 0.2) is 6.07 Å². The maximum absolute atomic E-state index is 12.0. The molecule has 2 heterocycles. The summed E-state index contributed by atoms with van der Waals surface area (Å²) in [6, 6.07) is 1.77. The van der Waals surface area contributed by atoms with Crippen LogP contribution in [0.2, 0.25) is 0 Å². The summed E-state index contributed by atoms with van der Waals surface area (Å²) in [5.41, 5.74) is 1.13. The number of halogens is 3. The Balaban J connectivity index is 2.02. The normalized spacial score (nSPS) is 15.7. The average Bonchev–Trinajstić information content (AvgIpc) is 2.68. The molecule has 0 N–H and O–H groups in total. The Kier molecular flexibility index (Phi) is 3.82. The van der Waals surface area contributed by atoms with Gasteiger partial charge in [0.25, 0.3) is 0 Å². The van der Waals surface area contributed by atoms with Gasteiger partial charge in [0.05, 0.1) is 11.3 Å². The summed E-state index contributed by atoms with van der Waals surface area (Å²) in [6.45, 7) is 0. The lowest BCUT2D eigenvalue weighted by Gasteiger charge is -2.08. The van der Waals surface area contributed by atoms with Crippen LogP contribution < -0.4 is 0 Å². The van der Waals surface area contributed by atoms with Crippen LogP contribution in [0.3, 0.4) is 0 Å². The Hall–Kier alpha value is -0.490. The minimum Gasteiger partial charge on any atom is -0.293 e. The number of hydrogen-bond acceptors (Lipinski definition) is 3. The highest BCUT2D eigenvalue weighted by Crippen LogP contribution is 2.33. The second-order valence-electron chi connectivity index (χ2n) is 3.90. The highest BCUT2D eigenvalue weighted by molar-refractivity contribution is 7.98. The molecule has 17 heavy (non-hydrogen) atoms. The second-order valence-corrected chi connectivity index (χ2v) is 6.14. The quantitative estimate of drug-likeness (QED) is 0.777. The van der Waals surface area contributed by atoms with Gasteiger partial charge in [-0.2, -0.15) is 24.9 Å². The number of carbonyl (C=O) groups excluding carboxylic acids is 1. The van der Waals surface area contributed by atoms with Crippen molar-refractivity contribution in [3.8, 4) is 0 Å². The summed E-state index contributed by atoms with van der Waals surface area (Å²) in [4.78, 5) is 13.3. The Bertz CT molecular complexity index is 399. The van der Waals surface area contributed by atoms with Gasteiger partial charge >= 0.3 is 6.18 Å². The number of hydrogen-bond donors (Lipinski definition) is 0. The van der Waals surface area contributed by atoms with Crippen molar-refractivity contribution in [3.63, 3.8) is 0 Å². The fraction of sp³-hybridized carbons (Fsp3) is 0.545. The third kappa shape index (κ3) is 3.48. The number of rotatable bonds is 3. The van der Waals surface area contributed by atoms with Crippen molar-refractivity contribution in [1.29, 1.82) is 0 Å². The van der Waals surface area contributed by atoms with Crippen molar-refractivity contribution in [1.82, 2.24) is 0 Å². The zero-order valence-electron chi connectivity index (χ0n) is 8.97. The molecule has 1 nitrogen and oxygen atoms in total. The second kappa shape index (κ2) is 5.02. The number of aryl methyl sites for hydroxylation is 1. The predicted molar refractivity (Wildman–Crippen MR) is 63.8 cm³/mol. The van der Waals surface area contributed by atoms with Gasteiger partial charge in [-0.25, -0.2) is 0 Å². The van der Waals surface area contributed by atoms with Crippen molar-refractivity contribution in [2.45, 2.75) is 31.2 Å². The van der Waals surface area contributed by atoms with Crippen molar-refractivity contribution in [2.24, 2.45) is 0 Å². The van der Waals surface area contributed by atoms with E-state index in [0.717, 1.165) is 23.5 Å². The Morgan fingerprint density at radius 2 is 2.18 bits per heavy atom. The fourth-order valence-electron chi connectivity index (χ4n) is 1.66. The molecule has 1 aliphatic heterocycles. The molecule has 1 aromatic rings. The minimum atomic E-state index is -4.25. The third-order valence-corrected chi connectivity index (χ3v) is 4.82. The number of Topliss-reactive ketones (excluding diaryl/α,β-unsaturated/α-hetero) is 1. The van der Waals surface area contributed by atoms with E-state index in [-0.39, 0.29) is 5.78 Å². The zero-order valence-corrected chi connectivity index (χ0v) is 10.6. The zero-order chi connectivity index (χ0) is 12.5. The molecule has 0 spiro atoms. The van der Waals surface area contributed by atoms with Gasteiger partial charge in [0.15, 0.2) is 5.78 Å². The maximum Gasteiger partial charge on any atom is 0.389 e. The number of thioether (sulfide) groups is 1. The Morgan fingerprint density at radius 1 is 1.41 bits per heavy atom. The summed E-state index contributed by atoms with van der Waals surface area (Å²) < 4.78 is 36.0. The smallest absolute Gasteiger partial charge is 0.293 e. The molecule has 0 saturated heterocycles. The number of ketones is 1. The lowest BCUT2D eigenvalue weighted by molar-refractivity contribution is -0.133. The van der Waals surface area contributed by atoms with Crippen LogP contribution in [0.25, 0.3) is 0 Å². The first-order chi connectivity index (χ1) is 7.96. The van der Waals surface area contributed by atoms with E-state index in [0.29, 0.717) is 4.88 Å². The van der Waals surface area contributed by atoms with Gasteiger partial charge in [-0.3, -0.25) is 4.79 Å². The number of thiophene rings is 1. The van der Waals surface area contributed by atoms with E-state index in [9.17, 15) is 18.0 Å². The number of fused-ring (bicyclic) bond motifs is 1. The van der Waals surface area contributed by atoms with Gasteiger partial charge in [-0.05, 0) is 23.8 Å². The summed E-state index contributed by atoms with van der Waals surface area (Å²) in [7, 11) is 0. The van der Waals surface area contributed by atoms with Crippen LogP contribution in [0.1, 0.15) is 33.0 Å². The first-order valence-electron chi connectivity index (χ1n) is 5.25. The van der Waals surface area contributed by atoms with E-state index in [4.69, 9.17) is 0 Å². The first kappa shape index (κ1) is 13.0. The molecule has 0 atom stereocenters. The van der Waals surface area contributed by atoms with Crippen molar-refractivity contribution < 1.29 is 18.0 Å². The summed E-state index contributed by atoms with van der Waals surface area (Å²) in [5.74, 6) is 1.52. The third-order valence-electron chi connectivity index (χ3n) is 2.54. The molecule has 0 saturated carbocycles. The van der Waals surface area contributed by atoms with Crippen LogP contribution in [0.5, 0.6) is 0 Å². The average molecular weight is 280 g/mol. The molecular formula is C11H11F3OS2. The van der Waals surface area contributed by atoms with Crippen LogP contribution in [0.4, 0.5) is 13.2 Å². The van der Waals surface area contributed by atoms with Gasteiger partial charge in [0.1, 0.15) is 0 Å². The predicted octanol–water partition coefficient (Wildman–Crippen LogP) is 4.06. The monoisotopic (exact) mass is 280 g/mol. The Morgan fingerprint density at radius 3 is 2.82 bits per heavy atom.